The Morgan fingerprint density at radius 3 is 2.74 bits per heavy atom. The first-order chi connectivity index (χ1) is 10.8. The Morgan fingerprint density at radius 1 is 1.30 bits per heavy atom. The number of alkyl halides is 3. The SMILES string of the molecule is O=C(O)/C=C/c1ccc2[nH]c(-n3cc(C(F)(F)F)cn3)cc2c1. The molecule has 0 amide bonds. The van der Waals surface area contributed by atoms with Gasteiger partial charge in [0.1, 0.15) is 5.82 Å². The summed E-state index contributed by atoms with van der Waals surface area (Å²) in [7, 11) is 0. The lowest BCUT2D eigenvalue weighted by molar-refractivity contribution is -0.137. The lowest BCUT2D eigenvalue weighted by Gasteiger charge is -2.00. The van der Waals surface area contributed by atoms with E-state index in [1.807, 2.05) is 0 Å². The molecule has 0 radical (unpaired) electrons. The molecule has 0 aliphatic heterocycles. The number of aromatic nitrogens is 3. The van der Waals surface area contributed by atoms with Crippen LogP contribution in [-0.2, 0) is 11.0 Å². The number of hydrogen-bond donors (Lipinski definition) is 2. The van der Waals surface area contributed by atoms with Crippen molar-refractivity contribution in [2.24, 2.45) is 0 Å². The summed E-state index contributed by atoms with van der Waals surface area (Å²) < 4.78 is 38.9. The number of H-pyrrole nitrogens is 1. The fourth-order valence-electron chi connectivity index (χ4n) is 2.13. The van der Waals surface area contributed by atoms with Crippen molar-refractivity contribution >= 4 is 22.9 Å². The molecule has 2 heterocycles. The van der Waals surface area contributed by atoms with Crippen molar-refractivity contribution in [3.05, 3.63) is 53.9 Å². The summed E-state index contributed by atoms with van der Waals surface area (Å²) in [6.07, 6.45) is -0.344. The van der Waals surface area contributed by atoms with Crippen LogP contribution in [0.15, 0.2) is 42.7 Å². The van der Waals surface area contributed by atoms with Crippen LogP contribution < -0.4 is 0 Å². The Balaban J connectivity index is 1.97. The van der Waals surface area contributed by atoms with E-state index in [4.69, 9.17) is 5.11 Å². The largest absolute Gasteiger partial charge is 0.478 e. The molecule has 0 bridgehead atoms. The lowest BCUT2D eigenvalue weighted by Crippen LogP contribution is -2.03. The predicted molar refractivity (Wildman–Crippen MR) is 77.1 cm³/mol. The zero-order valence-corrected chi connectivity index (χ0v) is 11.5. The summed E-state index contributed by atoms with van der Waals surface area (Å²) in [5, 5.41) is 13.0. The minimum Gasteiger partial charge on any atom is -0.478 e. The number of halogens is 3. The molecule has 0 aliphatic rings. The topological polar surface area (TPSA) is 70.9 Å². The smallest absolute Gasteiger partial charge is 0.419 e. The number of hydrogen-bond acceptors (Lipinski definition) is 2. The minimum absolute atomic E-state index is 0.384. The zero-order valence-electron chi connectivity index (χ0n) is 11.5. The van der Waals surface area contributed by atoms with Crippen molar-refractivity contribution in [2.75, 3.05) is 0 Å². The van der Waals surface area contributed by atoms with Gasteiger partial charge in [-0.1, -0.05) is 6.07 Å². The third-order valence-electron chi connectivity index (χ3n) is 3.21. The van der Waals surface area contributed by atoms with Gasteiger partial charge in [-0.3, -0.25) is 0 Å². The van der Waals surface area contributed by atoms with Crippen molar-refractivity contribution in [2.45, 2.75) is 6.18 Å². The quantitative estimate of drug-likeness (QED) is 0.726. The van der Waals surface area contributed by atoms with Gasteiger partial charge in [0.05, 0.1) is 11.8 Å². The summed E-state index contributed by atoms with van der Waals surface area (Å²) in [5.74, 6) is -0.675. The van der Waals surface area contributed by atoms with Crippen molar-refractivity contribution in [1.82, 2.24) is 14.8 Å². The number of carboxylic acids is 1. The van der Waals surface area contributed by atoms with Gasteiger partial charge in [-0.2, -0.15) is 18.3 Å². The summed E-state index contributed by atoms with van der Waals surface area (Å²) in [6, 6.07) is 6.78. The number of nitrogens with zero attached hydrogens (tertiary/aromatic N) is 2. The molecule has 23 heavy (non-hydrogen) atoms. The molecule has 5 nitrogen and oxygen atoms in total. The van der Waals surface area contributed by atoms with Crippen molar-refractivity contribution < 1.29 is 23.1 Å². The minimum atomic E-state index is -4.45. The average molecular weight is 321 g/mol. The second-order valence-electron chi connectivity index (χ2n) is 4.84. The van der Waals surface area contributed by atoms with E-state index in [9.17, 15) is 18.0 Å². The van der Waals surface area contributed by atoms with E-state index in [-0.39, 0.29) is 0 Å². The van der Waals surface area contributed by atoms with Crippen LogP contribution in [0.1, 0.15) is 11.1 Å². The van der Waals surface area contributed by atoms with Crippen LogP contribution in [0.3, 0.4) is 0 Å². The van der Waals surface area contributed by atoms with E-state index >= 15 is 0 Å². The van der Waals surface area contributed by atoms with Gasteiger partial charge in [0.15, 0.2) is 0 Å². The number of carboxylic acid groups (broad SMARTS) is 1. The first-order valence-corrected chi connectivity index (χ1v) is 6.49. The molecule has 0 spiro atoms. The van der Waals surface area contributed by atoms with Crippen LogP contribution in [0.5, 0.6) is 0 Å². The molecular formula is C15H10F3N3O2. The molecule has 2 aromatic heterocycles. The van der Waals surface area contributed by atoms with Crippen LogP contribution in [0.4, 0.5) is 13.2 Å². The highest BCUT2D eigenvalue weighted by molar-refractivity contribution is 5.88. The number of aliphatic carboxylic acids is 1. The van der Waals surface area contributed by atoms with Crippen LogP contribution in [-0.4, -0.2) is 25.8 Å². The Kier molecular flexibility index (Phi) is 3.44. The molecule has 0 atom stereocenters. The first-order valence-electron chi connectivity index (χ1n) is 6.49. The number of fused-ring (bicyclic) bond motifs is 1. The lowest BCUT2D eigenvalue weighted by atomic mass is 10.1. The normalized spacial score (nSPS) is 12.3. The molecule has 0 aliphatic carbocycles. The number of nitrogens with one attached hydrogen (secondary N) is 1. The third-order valence-corrected chi connectivity index (χ3v) is 3.21. The monoisotopic (exact) mass is 321 g/mol. The molecule has 0 unspecified atom stereocenters. The van der Waals surface area contributed by atoms with E-state index in [2.05, 4.69) is 10.1 Å². The van der Waals surface area contributed by atoms with Crippen molar-refractivity contribution in [3.63, 3.8) is 0 Å². The molecule has 3 rings (SSSR count). The number of rotatable bonds is 3. The molecule has 1 aromatic carbocycles. The maximum Gasteiger partial charge on any atom is 0.419 e. The maximum atomic E-state index is 12.6. The molecule has 0 saturated carbocycles. The highest BCUT2D eigenvalue weighted by Crippen LogP contribution is 2.29. The first kappa shape index (κ1) is 14.9. The van der Waals surface area contributed by atoms with Gasteiger partial charge in [-0.05, 0) is 29.8 Å². The molecule has 0 saturated heterocycles. The van der Waals surface area contributed by atoms with E-state index in [1.54, 1.807) is 24.3 Å². The van der Waals surface area contributed by atoms with Crippen LogP contribution >= 0.6 is 0 Å². The second-order valence-corrected chi connectivity index (χ2v) is 4.84. The molecule has 118 valence electrons. The van der Waals surface area contributed by atoms with Crippen LogP contribution in [0.25, 0.3) is 22.8 Å². The fourth-order valence-corrected chi connectivity index (χ4v) is 2.13. The Bertz CT molecular complexity index is 906. The van der Waals surface area contributed by atoms with Gasteiger partial charge in [-0.15, -0.1) is 0 Å². The highest BCUT2D eigenvalue weighted by Gasteiger charge is 2.32. The molecular weight excluding hydrogens is 311 g/mol. The number of aromatic amines is 1. The molecule has 0 fully saturated rings. The van der Waals surface area contributed by atoms with E-state index in [1.165, 1.54) is 6.08 Å². The summed E-state index contributed by atoms with van der Waals surface area (Å²) >= 11 is 0. The number of benzene rings is 1. The highest BCUT2D eigenvalue weighted by atomic mass is 19.4. The number of carbonyl (C=O) groups is 1. The van der Waals surface area contributed by atoms with Gasteiger partial charge in [-0.25, -0.2) is 9.48 Å². The summed E-state index contributed by atoms with van der Waals surface area (Å²) in [5.41, 5.74) is 0.541. The average Bonchev–Trinajstić information content (AvgIpc) is 3.10. The standard InChI is InChI=1S/C15H10F3N3O2/c16-15(17,18)11-7-19-21(8-11)13-6-10-5-9(2-4-14(22)23)1-3-12(10)20-13/h1-8,20H,(H,22,23)/b4-2+. The third kappa shape index (κ3) is 3.10. The zero-order chi connectivity index (χ0) is 16.6. The maximum absolute atomic E-state index is 12.6. The molecule has 8 heteroatoms. The second kappa shape index (κ2) is 5.31. The Hall–Kier alpha value is -3.03. The van der Waals surface area contributed by atoms with Gasteiger partial charge >= 0.3 is 12.1 Å². The Morgan fingerprint density at radius 2 is 2.09 bits per heavy atom. The molecule has 3 aromatic rings. The van der Waals surface area contributed by atoms with Gasteiger partial charge < -0.3 is 10.1 Å². The predicted octanol–water partition coefficient (Wildman–Crippen LogP) is 3.47. The molecule has 2 N–H and O–H groups in total. The van der Waals surface area contributed by atoms with Gasteiger partial charge in [0, 0.05) is 23.2 Å². The van der Waals surface area contributed by atoms with Crippen molar-refractivity contribution in [3.8, 4) is 5.82 Å². The van der Waals surface area contributed by atoms with Gasteiger partial charge in [0.25, 0.3) is 0 Å². The van der Waals surface area contributed by atoms with E-state index in [0.29, 0.717) is 16.9 Å². The summed E-state index contributed by atoms with van der Waals surface area (Å²) in [4.78, 5) is 13.5. The van der Waals surface area contributed by atoms with Crippen LogP contribution in [0.2, 0.25) is 0 Å². The van der Waals surface area contributed by atoms with Crippen LogP contribution in [0, 0.1) is 0 Å². The van der Waals surface area contributed by atoms with Gasteiger partial charge in [0.2, 0.25) is 0 Å². The van der Waals surface area contributed by atoms with E-state index < -0.39 is 17.7 Å². The summed E-state index contributed by atoms with van der Waals surface area (Å²) in [6.45, 7) is 0. The fraction of sp³-hybridized carbons (Fsp3) is 0.0667. The Labute approximate surface area is 127 Å². The van der Waals surface area contributed by atoms with E-state index in [0.717, 1.165) is 28.5 Å². The van der Waals surface area contributed by atoms with Crippen molar-refractivity contribution in [1.29, 1.82) is 0 Å².